The lowest BCUT2D eigenvalue weighted by Gasteiger charge is -1.79. The third-order valence-corrected chi connectivity index (χ3v) is 0.773. The second-order valence-electron chi connectivity index (χ2n) is 1.52. The maximum Gasteiger partial charge on any atom is -0.0351 e. The van der Waals surface area contributed by atoms with Crippen molar-refractivity contribution in [3.63, 3.8) is 0 Å². The molecule has 0 atom stereocenters. The van der Waals surface area contributed by atoms with E-state index in [1.54, 1.807) is 0 Å². The van der Waals surface area contributed by atoms with Crippen molar-refractivity contribution in [1.82, 2.24) is 0 Å². The number of rotatable bonds is 3. The molecule has 0 aromatic heterocycles. The van der Waals surface area contributed by atoms with Gasteiger partial charge in [0.2, 0.25) is 0 Å². The van der Waals surface area contributed by atoms with Gasteiger partial charge in [0.1, 0.15) is 0 Å². The maximum atomic E-state index is 3.71. The van der Waals surface area contributed by atoms with Gasteiger partial charge in [-0.15, -0.1) is 0 Å². The zero-order valence-corrected chi connectivity index (χ0v) is 4.98. The summed E-state index contributed by atoms with van der Waals surface area (Å²) in [5.74, 6) is 0. The minimum Gasteiger partial charge on any atom is -0.0888 e. The Labute approximate surface area is 46.2 Å². The van der Waals surface area contributed by atoms with E-state index >= 15 is 0 Å². The van der Waals surface area contributed by atoms with Gasteiger partial charge in [-0.05, 0) is 19.3 Å². The van der Waals surface area contributed by atoms with E-state index in [1.165, 1.54) is 0 Å². The zero-order valence-electron chi connectivity index (χ0n) is 4.98. The fraction of sp³-hybridized carbons (Fsp3) is 0.571. The number of hydrogen-bond acceptors (Lipinski definition) is 0. The van der Waals surface area contributed by atoms with Crippen molar-refractivity contribution in [2.24, 2.45) is 0 Å². The van der Waals surface area contributed by atoms with Crippen LogP contribution < -0.4 is 0 Å². The number of unbranched alkanes of at least 4 members (excludes halogenated alkanes) is 1. The van der Waals surface area contributed by atoms with E-state index in [4.69, 9.17) is 0 Å². The third kappa shape index (κ3) is 5.74. The van der Waals surface area contributed by atoms with E-state index < -0.39 is 0 Å². The highest BCUT2D eigenvalue weighted by atomic mass is 13.7. The summed E-state index contributed by atoms with van der Waals surface area (Å²) in [5.41, 5.74) is 0. The molecule has 0 spiro atoms. The molecule has 0 heterocycles. The van der Waals surface area contributed by atoms with Crippen LogP contribution in [0.25, 0.3) is 0 Å². The first kappa shape index (κ1) is 6.74. The van der Waals surface area contributed by atoms with E-state index in [9.17, 15) is 0 Å². The highest BCUT2D eigenvalue weighted by Crippen LogP contribution is 1.88. The molecular formula is C7H13. The fourth-order valence-electron chi connectivity index (χ4n) is 0.402. The molecular weight excluding hydrogens is 84.1 g/mol. The van der Waals surface area contributed by atoms with Gasteiger partial charge in [-0.1, -0.05) is 26.0 Å². The first-order valence-electron chi connectivity index (χ1n) is 2.86. The molecule has 0 N–H and O–H groups in total. The molecule has 0 amide bonds. The summed E-state index contributed by atoms with van der Waals surface area (Å²) < 4.78 is 0. The van der Waals surface area contributed by atoms with Crippen LogP contribution in [0.15, 0.2) is 12.2 Å². The fourth-order valence-corrected chi connectivity index (χ4v) is 0.402. The molecule has 0 aliphatic rings. The minimum atomic E-state index is 1.02. The lowest BCUT2D eigenvalue weighted by molar-refractivity contribution is 1.04. The van der Waals surface area contributed by atoms with E-state index in [2.05, 4.69) is 26.0 Å². The Morgan fingerprint density at radius 2 is 2.14 bits per heavy atom. The van der Waals surface area contributed by atoms with Crippen LogP contribution in [0.5, 0.6) is 0 Å². The summed E-state index contributed by atoms with van der Waals surface area (Å²) in [7, 11) is 0. The Balaban J connectivity index is 2.78. The normalized spacial score (nSPS) is 10.6. The Kier molecular flexibility index (Phi) is 5.53. The summed E-state index contributed by atoms with van der Waals surface area (Å²) in [6.45, 7) is 5.84. The Hall–Kier alpha value is -0.260. The molecule has 7 heavy (non-hydrogen) atoms. The molecule has 41 valence electrons. The predicted octanol–water partition coefficient (Wildman–Crippen LogP) is 2.57. The molecule has 1 radical (unpaired) electrons. The van der Waals surface area contributed by atoms with E-state index in [1.807, 2.05) is 0 Å². The third-order valence-electron chi connectivity index (χ3n) is 0.773. The number of hydrogen-bond donors (Lipinski definition) is 0. The summed E-state index contributed by atoms with van der Waals surface area (Å²) in [6, 6.07) is 0. The molecule has 0 aliphatic carbocycles. The monoisotopic (exact) mass is 97.1 g/mol. The van der Waals surface area contributed by atoms with Crippen molar-refractivity contribution in [3.8, 4) is 0 Å². The minimum absolute atomic E-state index is 1.02. The van der Waals surface area contributed by atoms with Gasteiger partial charge < -0.3 is 0 Å². The van der Waals surface area contributed by atoms with Crippen LogP contribution in [0, 0.1) is 6.92 Å². The number of allylic oxidation sites excluding steroid dienone is 2. The van der Waals surface area contributed by atoms with Crippen LogP contribution in [0.2, 0.25) is 0 Å². The summed E-state index contributed by atoms with van der Waals surface area (Å²) in [6.07, 6.45) is 7.66. The molecule has 0 aromatic carbocycles. The van der Waals surface area contributed by atoms with Crippen molar-refractivity contribution in [3.05, 3.63) is 19.1 Å². The second kappa shape index (κ2) is 5.74. The first-order chi connectivity index (χ1) is 3.41. The van der Waals surface area contributed by atoms with Gasteiger partial charge in [-0.3, -0.25) is 0 Å². The van der Waals surface area contributed by atoms with Crippen LogP contribution in [0.1, 0.15) is 26.2 Å². The lowest BCUT2D eigenvalue weighted by Crippen LogP contribution is -1.59. The van der Waals surface area contributed by atoms with Gasteiger partial charge in [0, 0.05) is 0 Å². The Morgan fingerprint density at radius 3 is 2.57 bits per heavy atom. The molecule has 0 rings (SSSR count). The van der Waals surface area contributed by atoms with Crippen molar-refractivity contribution in [1.29, 1.82) is 0 Å². The molecule has 0 saturated heterocycles. The van der Waals surface area contributed by atoms with Gasteiger partial charge in [0.15, 0.2) is 0 Å². The Morgan fingerprint density at radius 1 is 1.43 bits per heavy atom. The van der Waals surface area contributed by atoms with Crippen LogP contribution in [0.3, 0.4) is 0 Å². The molecule has 0 saturated carbocycles. The SMILES string of the molecule is [CH2]CC/C=C\CC. The van der Waals surface area contributed by atoms with Crippen LogP contribution in [0.4, 0.5) is 0 Å². The van der Waals surface area contributed by atoms with Crippen molar-refractivity contribution >= 4 is 0 Å². The maximum absolute atomic E-state index is 3.71. The largest absolute Gasteiger partial charge is 0.0888 e. The van der Waals surface area contributed by atoms with Gasteiger partial charge in [-0.2, -0.15) is 0 Å². The Bertz CT molecular complexity index is 44.0. The lowest BCUT2D eigenvalue weighted by atomic mass is 10.3. The average molecular weight is 97.2 g/mol. The molecule has 0 bridgehead atoms. The molecule has 0 aromatic rings. The van der Waals surface area contributed by atoms with Crippen molar-refractivity contribution in [2.45, 2.75) is 26.2 Å². The highest BCUT2D eigenvalue weighted by molar-refractivity contribution is 4.79. The molecule has 0 unspecified atom stereocenters. The molecule has 0 fully saturated rings. The van der Waals surface area contributed by atoms with Gasteiger partial charge in [0.05, 0.1) is 0 Å². The van der Waals surface area contributed by atoms with Crippen molar-refractivity contribution in [2.75, 3.05) is 0 Å². The second-order valence-corrected chi connectivity index (χ2v) is 1.52. The topological polar surface area (TPSA) is 0 Å². The zero-order chi connectivity index (χ0) is 5.54. The van der Waals surface area contributed by atoms with E-state index in [0.29, 0.717) is 0 Å². The first-order valence-corrected chi connectivity index (χ1v) is 2.86. The van der Waals surface area contributed by atoms with Gasteiger partial charge in [-0.25, -0.2) is 0 Å². The standard InChI is InChI=1S/C7H13/c1-3-5-7-6-4-2/h6-7H,1,3-5H2,2H3/b7-6-. The summed E-state index contributed by atoms with van der Waals surface area (Å²) >= 11 is 0. The summed E-state index contributed by atoms with van der Waals surface area (Å²) in [4.78, 5) is 0. The van der Waals surface area contributed by atoms with Crippen LogP contribution >= 0.6 is 0 Å². The van der Waals surface area contributed by atoms with E-state index in [0.717, 1.165) is 19.3 Å². The quantitative estimate of drug-likeness (QED) is 0.475. The van der Waals surface area contributed by atoms with Gasteiger partial charge in [0.25, 0.3) is 0 Å². The predicted molar refractivity (Wildman–Crippen MR) is 34.0 cm³/mol. The smallest absolute Gasteiger partial charge is 0.0351 e. The molecule has 0 aliphatic heterocycles. The molecule has 0 heteroatoms. The average Bonchev–Trinajstić information content (AvgIpc) is 1.69. The molecule has 0 nitrogen and oxygen atoms in total. The highest BCUT2D eigenvalue weighted by Gasteiger charge is 1.68. The van der Waals surface area contributed by atoms with Crippen molar-refractivity contribution < 1.29 is 0 Å². The van der Waals surface area contributed by atoms with Gasteiger partial charge >= 0.3 is 0 Å². The van der Waals surface area contributed by atoms with E-state index in [-0.39, 0.29) is 0 Å². The van der Waals surface area contributed by atoms with Crippen LogP contribution in [-0.4, -0.2) is 0 Å². The van der Waals surface area contributed by atoms with Crippen LogP contribution in [-0.2, 0) is 0 Å². The summed E-state index contributed by atoms with van der Waals surface area (Å²) in [5, 5.41) is 0.